The summed E-state index contributed by atoms with van der Waals surface area (Å²) in [6, 6.07) is 20.5. The second-order valence-electron chi connectivity index (χ2n) is 7.70. The van der Waals surface area contributed by atoms with E-state index in [1.54, 1.807) is 24.3 Å². The number of aromatic nitrogens is 1. The minimum absolute atomic E-state index is 0.162. The summed E-state index contributed by atoms with van der Waals surface area (Å²) in [6.07, 6.45) is -0.178. The lowest BCUT2D eigenvalue weighted by molar-refractivity contribution is 0.228. The molecule has 33 heavy (non-hydrogen) atoms. The van der Waals surface area contributed by atoms with Crippen LogP contribution in [0.3, 0.4) is 0 Å². The summed E-state index contributed by atoms with van der Waals surface area (Å²) in [4.78, 5) is 6.73. The van der Waals surface area contributed by atoms with Gasteiger partial charge in [0.2, 0.25) is 0 Å². The third-order valence-electron chi connectivity index (χ3n) is 4.91. The van der Waals surface area contributed by atoms with Crippen molar-refractivity contribution < 1.29 is 13.9 Å². The molecular formula is C26H24FN3O2S. The van der Waals surface area contributed by atoms with Crippen LogP contribution in [0.5, 0.6) is 11.5 Å². The van der Waals surface area contributed by atoms with Crippen molar-refractivity contribution in [2.45, 2.75) is 33.4 Å². The first-order valence-corrected chi connectivity index (χ1v) is 11.5. The molecular weight excluding hydrogens is 437 g/mol. The number of benzene rings is 3. The maximum Gasteiger partial charge on any atom is 0.191 e. The quantitative estimate of drug-likeness (QED) is 0.288. The predicted molar refractivity (Wildman–Crippen MR) is 130 cm³/mol. The van der Waals surface area contributed by atoms with Gasteiger partial charge in [0.05, 0.1) is 41.1 Å². The Labute approximate surface area is 196 Å². The van der Waals surface area contributed by atoms with E-state index in [-0.39, 0.29) is 18.4 Å². The van der Waals surface area contributed by atoms with Crippen molar-refractivity contribution in [3.8, 4) is 17.6 Å². The number of nitriles is 1. The molecule has 0 amide bonds. The maximum atomic E-state index is 15.5. The summed E-state index contributed by atoms with van der Waals surface area (Å²) in [7, 11) is 0. The van der Waals surface area contributed by atoms with Crippen LogP contribution in [0.4, 0.5) is 15.2 Å². The summed E-state index contributed by atoms with van der Waals surface area (Å²) >= 11 is 1.53. The Morgan fingerprint density at radius 1 is 1.12 bits per heavy atom. The summed E-state index contributed by atoms with van der Waals surface area (Å²) in [6.45, 7) is 6.28. The lowest BCUT2D eigenvalue weighted by atomic mass is 10.1. The van der Waals surface area contributed by atoms with Gasteiger partial charge in [-0.3, -0.25) is 0 Å². The number of halogens is 1. The number of hydrogen-bond acceptors (Lipinski definition) is 6. The van der Waals surface area contributed by atoms with Gasteiger partial charge in [-0.2, -0.15) is 5.26 Å². The molecule has 0 fully saturated rings. The molecule has 1 heterocycles. The van der Waals surface area contributed by atoms with Crippen LogP contribution in [-0.2, 0) is 6.54 Å². The molecule has 7 heteroatoms. The SMILES string of the molecule is CCOc1cc(CN(c2ccc(C#N)cc2)c2nc3ccccc3s2)c(F)c(OC(C)C)c1. The van der Waals surface area contributed by atoms with E-state index < -0.39 is 5.82 Å². The van der Waals surface area contributed by atoms with Crippen LogP contribution >= 0.6 is 11.3 Å². The molecule has 0 bridgehead atoms. The standard InChI is InChI=1S/C26H24FN3O2S/c1-4-31-21-13-19(25(27)23(14-21)32-17(2)3)16-30(20-11-9-18(15-28)10-12-20)26-29-22-7-5-6-8-24(22)33-26/h5-14,17H,4,16H2,1-3H3. The van der Waals surface area contributed by atoms with Gasteiger partial charge in [0.25, 0.3) is 0 Å². The number of hydrogen-bond donors (Lipinski definition) is 0. The van der Waals surface area contributed by atoms with Gasteiger partial charge in [0.1, 0.15) is 5.75 Å². The van der Waals surface area contributed by atoms with Crippen LogP contribution in [0, 0.1) is 17.1 Å². The molecule has 0 spiro atoms. The van der Waals surface area contributed by atoms with E-state index in [0.29, 0.717) is 23.5 Å². The molecule has 0 aliphatic heterocycles. The summed E-state index contributed by atoms with van der Waals surface area (Å²) in [5, 5.41) is 9.91. The van der Waals surface area contributed by atoms with Gasteiger partial charge in [0.15, 0.2) is 16.7 Å². The van der Waals surface area contributed by atoms with Crippen molar-refractivity contribution in [3.63, 3.8) is 0 Å². The summed E-state index contributed by atoms with van der Waals surface area (Å²) in [5.74, 6) is 0.288. The Hall–Kier alpha value is -3.63. The minimum Gasteiger partial charge on any atom is -0.494 e. The van der Waals surface area contributed by atoms with E-state index in [0.717, 1.165) is 21.0 Å². The van der Waals surface area contributed by atoms with E-state index in [2.05, 4.69) is 6.07 Å². The Bertz CT molecular complexity index is 1260. The zero-order chi connectivity index (χ0) is 23.4. The van der Waals surface area contributed by atoms with E-state index in [9.17, 15) is 5.26 Å². The predicted octanol–water partition coefficient (Wildman–Crippen LogP) is 6.83. The van der Waals surface area contributed by atoms with E-state index in [1.165, 1.54) is 11.3 Å². The number of ether oxygens (including phenoxy) is 2. The van der Waals surface area contributed by atoms with Crippen molar-refractivity contribution in [1.29, 1.82) is 5.26 Å². The topological polar surface area (TPSA) is 58.4 Å². The zero-order valence-electron chi connectivity index (χ0n) is 18.7. The fourth-order valence-electron chi connectivity index (χ4n) is 3.46. The Morgan fingerprint density at radius 2 is 1.88 bits per heavy atom. The van der Waals surface area contributed by atoms with Gasteiger partial charge in [0, 0.05) is 17.3 Å². The van der Waals surface area contributed by atoms with Crippen LogP contribution in [0.15, 0.2) is 60.7 Å². The highest BCUT2D eigenvalue weighted by atomic mass is 32.1. The van der Waals surface area contributed by atoms with Crippen molar-refractivity contribution in [3.05, 3.63) is 77.6 Å². The van der Waals surface area contributed by atoms with Gasteiger partial charge in [-0.25, -0.2) is 9.37 Å². The molecule has 0 radical (unpaired) electrons. The summed E-state index contributed by atoms with van der Waals surface area (Å²) < 4.78 is 27.9. The lowest BCUT2D eigenvalue weighted by Gasteiger charge is -2.24. The molecule has 0 N–H and O–H groups in total. The number of rotatable bonds is 8. The number of nitrogens with zero attached hydrogens (tertiary/aromatic N) is 3. The molecule has 3 aromatic carbocycles. The molecule has 5 nitrogen and oxygen atoms in total. The molecule has 0 aliphatic carbocycles. The third-order valence-corrected chi connectivity index (χ3v) is 5.97. The van der Waals surface area contributed by atoms with Crippen LogP contribution in [0.2, 0.25) is 0 Å². The third kappa shape index (κ3) is 5.07. The van der Waals surface area contributed by atoms with Crippen LogP contribution < -0.4 is 14.4 Å². The molecule has 0 unspecified atom stereocenters. The number of fused-ring (bicyclic) bond motifs is 1. The van der Waals surface area contributed by atoms with E-state index in [1.807, 2.05) is 62.1 Å². The highest BCUT2D eigenvalue weighted by molar-refractivity contribution is 7.22. The first-order chi connectivity index (χ1) is 16.0. The molecule has 0 aliphatic rings. The minimum atomic E-state index is -0.424. The maximum absolute atomic E-state index is 15.5. The van der Waals surface area contributed by atoms with Gasteiger partial charge < -0.3 is 14.4 Å². The first-order valence-electron chi connectivity index (χ1n) is 10.7. The molecule has 4 rings (SSSR count). The highest BCUT2D eigenvalue weighted by Crippen LogP contribution is 2.37. The second-order valence-corrected chi connectivity index (χ2v) is 8.71. The van der Waals surface area contributed by atoms with Gasteiger partial charge in [-0.1, -0.05) is 23.5 Å². The number of anilines is 2. The largest absolute Gasteiger partial charge is 0.494 e. The average Bonchev–Trinajstić information content (AvgIpc) is 3.24. The lowest BCUT2D eigenvalue weighted by Crippen LogP contribution is -2.18. The second kappa shape index (κ2) is 9.88. The smallest absolute Gasteiger partial charge is 0.191 e. The Balaban J connectivity index is 1.80. The molecule has 168 valence electrons. The normalized spacial score (nSPS) is 10.9. The van der Waals surface area contributed by atoms with E-state index >= 15 is 4.39 Å². The highest BCUT2D eigenvalue weighted by Gasteiger charge is 2.21. The van der Waals surface area contributed by atoms with Crippen molar-refractivity contribution in [2.75, 3.05) is 11.5 Å². The Kier molecular flexibility index (Phi) is 6.76. The van der Waals surface area contributed by atoms with Gasteiger partial charge in [-0.05, 0) is 63.2 Å². The van der Waals surface area contributed by atoms with Crippen molar-refractivity contribution >= 4 is 32.4 Å². The first kappa shape index (κ1) is 22.6. The van der Waals surface area contributed by atoms with Gasteiger partial charge >= 0.3 is 0 Å². The number of para-hydroxylation sites is 1. The fraction of sp³-hybridized carbons (Fsp3) is 0.231. The average molecular weight is 462 g/mol. The van der Waals surface area contributed by atoms with Gasteiger partial charge in [-0.15, -0.1) is 0 Å². The van der Waals surface area contributed by atoms with Crippen molar-refractivity contribution in [1.82, 2.24) is 4.98 Å². The van der Waals surface area contributed by atoms with Crippen molar-refractivity contribution in [2.24, 2.45) is 0 Å². The number of thiazole rings is 1. The molecule has 0 saturated heterocycles. The zero-order valence-corrected chi connectivity index (χ0v) is 19.5. The van der Waals surface area contributed by atoms with Crippen LogP contribution in [-0.4, -0.2) is 17.7 Å². The molecule has 4 aromatic rings. The Morgan fingerprint density at radius 3 is 2.55 bits per heavy atom. The van der Waals surface area contributed by atoms with Crippen LogP contribution in [0.25, 0.3) is 10.2 Å². The molecule has 1 aromatic heterocycles. The molecule has 0 saturated carbocycles. The van der Waals surface area contributed by atoms with Crippen LogP contribution in [0.1, 0.15) is 31.9 Å². The van der Waals surface area contributed by atoms with E-state index in [4.69, 9.17) is 14.5 Å². The fourth-order valence-corrected chi connectivity index (χ4v) is 4.45. The summed E-state index contributed by atoms with van der Waals surface area (Å²) in [5.41, 5.74) is 2.67. The monoisotopic (exact) mass is 461 g/mol. The molecule has 0 atom stereocenters.